The molecule has 2 saturated heterocycles. The molecule has 3 heterocycles. The normalized spacial score (nSPS) is 28.6. The molecule has 1 unspecified atom stereocenters. The fraction of sp³-hybridized carbons (Fsp3) is 0.562. The quantitative estimate of drug-likeness (QED) is 0.912. The number of likely N-dealkylation sites (tertiary alicyclic amines) is 1. The molecule has 2 aromatic rings. The summed E-state index contributed by atoms with van der Waals surface area (Å²) in [7, 11) is 0. The smallest absolute Gasteiger partial charge is 0.0653 e. The number of rotatable bonds is 2. The zero-order valence-electron chi connectivity index (χ0n) is 11.9. The van der Waals surface area contributed by atoms with E-state index in [9.17, 15) is 0 Å². The lowest BCUT2D eigenvalue weighted by Crippen LogP contribution is -2.53. The first kappa shape index (κ1) is 12.4. The summed E-state index contributed by atoms with van der Waals surface area (Å²) in [6, 6.07) is 7.42. The number of piperidine rings is 1. The summed E-state index contributed by atoms with van der Waals surface area (Å²) in [6.07, 6.45) is 3.14. The molecule has 1 aromatic carbocycles. The highest BCUT2D eigenvalue weighted by Crippen LogP contribution is 2.35. The number of nitrogens with zero attached hydrogens (tertiary/aromatic N) is 2. The minimum Gasteiger partial charge on any atom is -0.378 e. The molecule has 4 nitrogen and oxygen atoms in total. The van der Waals surface area contributed by atoms with E-state index < -0.39 is 0 Å². The van der Waals surface area contributed by atoms with E-state index in [1.54, 1.807) is 0 Å². The Morgan fingerprint density at radius 2 is 2.25 bits per heavy atom. The summed E-state index contributed by atoms with van der Waals surface area (Å²) < 4.78 is 5.32. The number of benzene rings is 1. The zero-order valence-corrected chi connectivity index (χ0v) is 11.9. The van der Waals surface area contributed by atoms with E-state index in [0.717, 1.165) is 18.7 Å². The fourth-order valence-electron chi connectivity index (χ4n) is 3.62. The maximum Gasteiger partial charge on any atom is 0.0653 e. The van der Waals surface area contributed by atoms with Crippen LogP contribution in [0.15, 0.2) is 24.4 Å². The highest BCUT2D eigenvalue weighted by atomic mass is 16.5. The van der Waals surface area contributed by atoms with Crippen LogP contribution in [0.3, 0.4) is 0 Å². The molecule has 0 saturated carbocycles. The molecule has 1 aromatic heterocycles. The molecule has 0 radical (unpaired) electrons. The molecule has 2 fully saturated rings. The van der Waals surface area contributed by atoms with Crippen LogP contribution in [-0.2, 0) is 4.74 Å². The van der Waals surface area contributed by atoms with Gasteiger partial charge in [0.1, 0.15) is 0 Å². The fourth-order valence-corrected chi connectivity index (χ4v) is 3.62. The molecule has 2 aliphatic heterocycles. The summed E-state index contributed by atoms with van der Waals surface area (Å²) in [6.45, 7) is 6.63. The van der Waals surface area contributed by atoms with E-state index in [-0.39, 0.29) is 0 Å². The van der Waals surface area contributed by atoms with Crippen molar-refractivity contribution < 1.29 is 4.74 Å². The number of fused-ring (bicyclic) bond motifs is 1. The van der Waals surface area contributed by atoms with Crippen molar-refractivity contribution in [2.45, 2.75) is 25.3 Å². The third-order valence-corrected chi connectivity index (χ3v) is 4.97. The molecular formula is C16H21N3O. The molecule has 2 atom stereocenters. The van der Waals surface area contributed by atoms with Gasteiger partial charge in [0.15, 0.2) is 0 Å². The van der Waals surface area contributed by atoms with Gasteiger partial charge in [-0.2, -0.15) is 5.10 Å². The minimum absolute atomic E-state index is 0.667. The Morgan fingerprint density at radius 3 is 3.00 bits per heavy atom. The molecule has 0 bridgehead atoms. The third kappa shape index (κ3) is 2.03. The van der Waals surface area contributed by atoms with Crippen molar-refractivity contribution in [1.82, 2.24) is 15.1 Å². The lowest BCUT2D eigenvalue weighted by Gasteiger charge is -2.44. The summed E-state index contributed by atoms with van der Waals surface area (Å²) >= 11 is 0. The average molecular weight is 271 g/mol. The van der Waals surface area contributed by atoms with Crippen molar-refractivity contribution in [2.24, 2.45) is 5.92 Å². The van der Waals surface area contributed by atoms with Crippen LogP contribution in [0, 0.1) is 5.92 Å². The summed E-state index contributed by atoms with van der Waals surface area (Å²) in [5.41, 5.74) is 2.61. The molecule has 4 rings (SSSR count). The van der Waals surface area contributed by atoms with Crippen molar-refractivity contribution in [3.63, 3.8) is 0 Å². The monoisotopic (exact) mass is 271 g/mol. The summed E-state index contributed by atoms with van der Waals surface area (Å²) in [4.78, 5) is 2.61. The van der Waals surface area contributed by atoms with Crippen LogP contribution in [0.25, 0.3) is 10.9 Å². The first-order chi connectivity index (χ1) is 9.81. The van der Waals surface area contributed by atoms with Gasteiger partial charge in [-0.25, -0.2) is 0 Å². The Balaban J connectivity index is 1.53. The molecule has 0 spiro atoms. The van der Waals surface area contributed by atoms with Crippen LogP contribution < -0.4 is 0 Å². The highest BCUT2D eigenvalue weighted by Gasteiger charge is 2.33. The van der Waals surface area contributed by atoms with Crippen molar-refractivity contribution in [1.29, 1.82) is 0 Å². The Morgan fingerprint density at radius 1 is 1.35 bits per heavy atom. The molecule has 4 heteroatoms. The second-order valence-electron chi connectivity index (χ2n) is 6.28. The number of hydrogen-bond donors (Lipinski definition) is 1. The van der Waals surface area contributed by atoms with Gasteiger partial charge in [-0.15, -0.1) is 0 Å². The number of aromatic nitrogens is 2. The van der Waals surface area contributed by atoms with Gasteiger partial charge in [0.25, 0.3) is 0 Å². The van der Waals surface area contributed by atoms with E-state index in [1.165, 1.54) is 30.5 Å². The second kappa shape index (κ2) is 4.86. The van der Waals surface area contributed by atoms with Gasteiger partial charge < -0.3 is 4.74 Å². The molecule has 0 amide bonds. The molecule has 1 N–H and O–H groups in total. The van der Waals surface area contributed by atoms with E-state index in [4.69, 9.17) is 4.74 Å². The summed E-state index contributed by atoms with van der Waals surface area (Å²) in [5.74, 6) is 1.37. The van der Waals surface area contributed by atoms with Gasteiger partial charge in [-0.05, 0) is 36.4 Å². The highest BCUT2D eigenvalue weighted by molar-refractivity contribution is 5.78. The van der Waals surface area contributed by atoms with Crippen LogP contribution in [0.4, 0.5) is 0 Å². The Hall–Kier alpha value is -1.39. The maximum atomic E-state index is 5.32. The van der Waals surface area contributed by atoms with Crippen LogP contribution in [0.2, 0.25) is 0 Å². The number of H-pyrrole nitrogens is 1. The molecule has 2 aliphatic rings. The van der Waals surface area contributed by atoms with Gasteiger partial charge >= 0.3 is 0 Å². The minimum atomic E-state index is 0.667. The average Bonchev–Trinajstić information content (AvgIpc) is 2.84. The van der Waals surface area contributed by atoms with Crippen LogP contribution >= 0.6 is 0 Å². The number of ether oxygens (including phenoxy) is 1. The Bertz CT molecular complexity index is 605. The second-order valence-corrected chi connectivity index (χ2v) is 6.28. The van der Waals surface area contributed by atoms with Crippen molar-refractivity contribution in [3.8, 4) is 0 Å². The van der Waals surface area contributed by atoms with Crippen molar-refractivity contribution in [2.75, 3.05) is 26.3 Å². The topological polar surface area (TPSA) is 41.1 Å². The Kier molecular flexibility index (Phi) is 3.00. The predicted molar refractivity (Wildman–Crippen MR) is 78.8 cm³/mol. The number of nitrogens with one attached hydrogen (secondary N) is 1. The number of hydrogen-bond acceptors (Lipinski definition) is 3. The predicted octanol–water partition coefficient (Wildman–Crippen LogP) is 2.39. The summed E-state index contributed by atoms with van der Waals surface area (Å²) in [5, 5.41) is 8.40. The molecule has 0 aliphatic carbocycles. The van der Waals surface area contributed by atoms with Gasteiger partial charge in [0, 0.05) is 11.9 Å². The lowest BCUT2D eigenvalue weighted by atomic mass is 9.81. The largest absolute Gasteiger partial charge is 0.378 e. The first-order valence-electron chi connectivity index (χ1n) is 7.56. The van der Waals surface area contributed by atoms with E-state index >= 15 is 0 Å². The van der Waals surface area contributed by atoms with E-state index in [1.807, 2.05) is 6.20 Å². The van der Waals surface area contributed by atoms with Gasteiger partial charge in [-0.1, -0.05) is 19.1 Å². The maximum absolute atomic E-state index is 5.32. The zero-order chi connectivity index (χ0) is 13.5. The van der Waals surface area contributed by atoms with Gasteiger partial charge in [0.2, 0.25) is 0 Å². The third-order valence-electron chi connectivity index (χ3n) is 4.97. The standard InChI is InChI=1S/C16H21N3O/c1-11-8-19(14-9-20-10-14)5-4-15(11)12-2-3-13-7-17-18-16(13)6-12/h2-3,6-7,11,14-15H,4-5,8-10H2,1H3,(H,17,18)/t11?,15-/m0/s1. The molecule has 20 heavy (non-hydrogen) atoms. The van der Waals surface area contributed by atoms with Crippen molar-refractivity contribution in [3.05, 3.63) is 30.0 Å². The first-order valence-corrected chi connectivity index (χ1v) is 7.56. The van der Waals surface area contributed by atoms with Gasteiger partial charge in [-0.3, -0.25) is 10.00 Å². The van der Waals surface area contributed by atoms with E-state index in [2.05, 4.69) is 40.2 Å². The van der Waals surface area contributed by atoms with Crippen LogP contribution in [-0.4, -0.2) is 47.4 Å². The van der Waals surface area contributed by atoms with Crippen LogP contribution in [0.5, 0.6) is 0 Å². The molecule has 106 valence electrons. The molecular weight excluding hydrogens is 250 g/mol. The number of aromatic amines is 1. The Labute approximate surface area is 119 Å². The SMILES string of the molecule is CC1CN(C2COC2)CC[C@@H]1c1ccc2cn[nH]c2c1. The van der Waals surface area contributed by atoms with Gasteiger partial charge in [0.05, 0.1) is 31.0 Å². The van der Waals surface area contributed by atoms with Crippen molar-refractivity contribution >= 4 is 10.9 Å². The lowest BCUT2D eigenvalue weighted by molar-refractivity contribution is -0.0773. The van der Waals surface area contributed by atoms with E-state index in [0.29, 0.717) is 17.9 Å². The van der Waals surface area contributed by atoms with Crippen LogP contribution in [0.1, 0.15) is 24.8 Å².